The predicted molar refractivity (Wildman–Crippen MR) is 80.9 cm³/mol. The Hall–Kier alpha value is -2.80. The highest BCUT2D eigenvalue weighted by Gasteiger charge is 2.76. The van der Waals surface area contributed by atoms with E-state index >= 15 is 0 Å². The first-order chi connectivity index (χ1) is 12.5. The number of aromatic nitrogens is 1. The zero-order chi connectivity index (χ0) is 19.9. The molecule has 0 radical (unpaired) electrons. The number of imide groups is 1. The summed E-state index contributed by atoms with van der Waals surface area (Å²) in [6, 6.07) is 2.21. The van der Waals surface area contributed by atoms with Gasteiger partial charge in [-0.15, -0.1) is 0 Å². The number of rotatable bonds is 1. The lowest BCUT2D eigenvalue weighted by molar-refractivity contribution is -0.140. The number of pyridine rings is 1. The Morgan fingerprint density at radius 3 is 2.48 bits per heavy atom. The van der Waals surface area contributed by atoms with Crippen molar-refractivity contribution in [3.8, 4) is 6.07 Å². The molecule has 10 heteroatoms. The number of hydrogen-bond acceptors (Lipinski definition) is 6. The number of nitriles is 1. The summed E-state index contributed by atoms with van der Waals surface area (Å²) in [5.41, 5.74) is -5.95. The maximum absolute atomic E-state index is 13.6. The lowest BCUT2D eigenvalue weighted by Gasteiger charge is -2.26. The highest BCUT2D eigenvalue weighted by atomic mass is 19.4. The molecule has 0 saturated carbocycles. The van der Waals surface area contributed by atoms with Crippen molar-refractivity contribution in [2.75, 3.05) is 4.90 Å². The van der Waals surface area contributed by atoms with Gasteiger partial charge in [0.1, 0.15) is 17.2 Å². The molecule has 27 heavy (non-hydrogen) atoms. The van der Waals surface area contributed by atoms with Gasteiger partial charge in [-0.1, -0.05) is 0 Å². The van der Waals surface area contributed by atoms with E-state index < -0.39 is 58.0 Å². The number of hydrogen-bond donors (Lipinski definition) is 0. The number of fused-ring (bicyclic) bond motifs is 5. The van der Waals surface area contributed by atoms with Crippen molar-refractivity contribution in [2.24, 2.45) is 11.8 Å². The predicted octanol–water partition coefficient (Wildman–Crippen LogP) is 1.60. The van der Waals surface area contributed by atoms with Gasteiger partial charge in [0.05, 0.1) is 23.1 Å². The molecule has 140 valence electrons. The van der Waals surface area contributed by atoms with Crippen molar-refractivity contribution in [3.05, 3.63) is 23.5 Å². The number of halogens is 3. The highest BCUT2D eigenvalue weighted by molar-refractivity contribution is 6.25. The van der Waals surface area contributed by atoms with Crippen LogP contribution >= 0.6 is 0 Å². The van der Waals surface area contributed by atoms with Gasteiger partial charge in [-0.05, 0) is 19.9 Å². The number of ether oxygens (including phenoxy) is 1. The number of Topliss-reactive ketones (excluding diaryl/α,β-unsaturated/α-hetero) is 1. The van der Waals surface area contributed by atoms with Crippen molar-refractivity contribution in [3.63, 3.8) is 0 Å². The number of amides is 2. The third-order valence-electron chi connectivity index (χ3n) is 5.63. The van der Waals surface area contributed by atoms with Gasteiger partial charge in [0.25, 0.3) is 0 Å². The summed E-state index contributed by atoms with van der Waals surface area (Å²) >= 11 is 0. The molecule has 1 aromatic rings. The normalized spacial score (nSPS) is 35.0. The molecule has 4 rings (SSSR count). The van der Waals surface area contributed by atoms with Gasteiger partial charge in [0.2, 0.25) is 11.8 Å². The quantitative estimate of drug-likeness (QED) is 0.687. The van der Waals surface area contributed by atoms with E-state index in [9.17, 15) is 27.6 Å². The second-order valence-electron chi connectivity index (χ2n) is 7.25. The van der Waals surface area contributed by atoms with Crippen molar-refractivity contribution in [2.45, 2.75) is 37.6 Å². The van der Waals surface area contributed by atoms with Crippen LogP contribution in [0.15, 0.2) is 12.3 Å². The fourth-order valence-electron chi connectivity index (χ4n) is 4.56. The average Bonchev–Trinajstić information content (AvgIpc) is 3.07. The first kappa shape index (κ1) is 17.6. The Labute approximate surface area is 150 Å². The molecule has 3 saturated heterocycles. The topological polar surface area (TPSA) is 100 Å². The summed E-state index contributed by atoms with van der Waals surface area (Å²) in [7, 11) is 0. The second-order valence-corrected chi connectivity index (χ2v) is 7.25. The summed E-state index contributed by atoms with van der Waals surface area (Å²) < 4.78 is 46.3. The van der Waals surface area contributed by atoms with E-state index in [4.69, 9.17) is 10.00 Å². The molecule has 4 heterocycles. The SMILES string of the molecule is CC12CC(=O)C(C)(O1)C1C(=O)N(c3ccnc(C#N)c3C(F)(F)F)C(=O)C12. The minimum absolute atomic E-state index is 0.0938. The zero-order valence-corrected chi connectivity index (χ0v) is 14.1. The Morgan fingerprint density at radius 1 is 1.26 bits per heavy atom. The standard InChI is InChI=1S/C17H12F3N3O4/c1-15-5-9(24)16(2,27-15)12-11(15)13(25)23(14(12)26)8-3-4-22-7(6-21)10(8)17(18,19)20/h3-4,11-12H,5H2,1-2H3. The molecule has 2 bridgehead atoms. The van der Waals surface area contributed by atoms with Crippen LogP contribution in [0.5, 0.6) is 0 Å². The molecule has 1 aromatic heterocycles. The van der Waals surface area contributed by atoms with Crippen LogP contribution in [0.2, 0.25) is 0 Å². The van der Waals surface area contributed by atoms with E-state index in [0.29, 0.717) is 4.90 Å². The molecule has 3 fully saturated rings. The van der Waals surface area contributed by atoms with Crippen molar-refractivity contribution >= 4 is 23.3 Å². The third kappa shape index (κ3) is 2.00. The van der Waals surface area contributed by atoms with Crippen LogP contribution in [0, 0.1) is 23.2 Å². The van der Waals surface area contributed by atoms with E-state index in [0.717, 1.165) is 12.3 Å². The van der Waals surface area contributed by atoms with E-state index in [1.807, 2.05) is 0 Å². The van der Waals surface area contributed by atoms with Crippen LogP contribution in [-0.4, -0.2) is 33.8 Å². The summed E-state index contributed by atoms with van der Waals surface area (Å²) in [4.78, 5) is 42.0. The number of carbonyl (C=O) groups is 3. The number of carbonyl (C=O) groups excluding carboxylic acids is 3. The van der Waals surface area contributed by atoms with Crippen molar-refractivity contribution in [1.29, 1.82) is 5.26 Å². The monoisotopic (exact) mass is 379 g/mol. The summed E-state index contributed by atoms with van der Waals surface area (Å²) in [5.74, 6) is -4.43. The fraction of sp³-hybridized carbons (Fsp3) is 0.471. The Morgan fingerprint density at radius 2 is 1.89 bits per heavy atom. The molecule has 0 spiro atoms. The number of anilines is 1. The second kappa shape index (κ2) is 4.92. The first-order valence-electron chi connectivity index (χ1n) is 8.03. The van der Waals surface area contributed by atoms with Gasteiger partial charge < -0.3 is 4.74 Å². The Bertz CT molecular complexity index is 969. The lowest BCUT2D eigenvalue weighted by Crippen LogP contribution is -2.46. The van der Waals surface area contributed by atoms with Crippen molar-refractivity contribution < 1.29 is 32.3 Å². The molecule has 0 aliphatic carbocycles. The number of nitrogens with zero attached hydrogens (tertiary/aromatic N) is 3. The smallest absolute Gasteiger partial charge is 0.359 e. The van der Waals surface area contributed by atoms with Crippen LogP contribution in [0.3, 0.4) is 0 Å². The molecule has 2 amide bonds. The minimum atomic E-state index is -5.01. The molecule has 3 aliphatic heterocycles. The number of alkyl halides is 3. The van der Waals surface area contributed by atoms with E-state index in [1.165, 1.54) is 19.9 Å². The van der Waals surface area contributed by atoms with Crippen molar-refractivity contribution in [1.82, 2.24) is 4.98 Å². The summed E-state index contributed by atoms with van der Waals surface area (Å²) in [6.07, 6.45) is -4.17. The summed E-state index contributed by atoms with van der Waals surface area (Å²) in [5, 5.41) is 8.99. The third-order valence-corrected chi connectivity index (χ3v) is 5.63. The van der Waals surface area contributed by atoms with E-state index in [-0.39, 0.29) is 12.2 Å². The van der Waals surface area contributed by atoms with Gasteiger partial charge in [0.15, 0.2) is 11.5 Å². The maximum atomic E-state index is 13.6. The van der Waals surface area contributed by atoms with Gasteiger partial charge in [-0.2, -0.15) is 18.4 Å². The molecule has 0 N–H and O–H groups in total. The summed E-state index contributed by atoms with van der Waals surface area (Å²) in [6.45, 7) is 2.89. The van der Waals surface area contributed by atoms with E-state index in [1.54, 1.807) is 0 Å². The van der Waals surface area contributed by atoms with Crippen LogP contribution in [0.1, 0.15) is 31.5 Å². The highest BCUT2D eigenvalue weighted by Crippen LogP contribution is 2.59. The Kier molecular flexibility index (Phi) is 3.21. The fourth-order valence-corrected chi connectivity index (χ4v) is 4.56. The van der Waals surface area contributed by atoms with Crippen LogP contribution in [0.4, 0.5) is 18.9 Å². The van der Waals surface area contributed by atoms with Gasteiger partial charge >= 0.3 is 6.18 Å². The maximum Gasteiger partial charge on any atom is 0.421 e. The van der Waals surface area contributed by atoms with Gasteiger partial charge in [-0.25, -0.2) is 9.88 Å². The lowest BCUT2D eigenvalue weighted by atomic mass is 9.68. The largest absolute Gasteiger partial charge is 0.421 e. The molecular formula is C17H12F3N3O4. The average molecular weight is 379 g/mol. The number of ketones is 1. The Balaban J connectivity index is 1.90. The first-order valence-corrected chi connectivity index (χ1v) is 8.03. The molecule has 7 nitrogen and oxygen atoms in total. The molecular weight excluding hydrogens is 367 g/mol. The van der Waals surface area contributed by atoms with Gasteiger partial charge in [0, 0.05) is 12.6 Å². The molecule has 4 atom stereocenters. The van der Waals surface area contributed by atoms with E-state index in [2.05, 4.69) is 4.98 Å². The van der Waals surface area contributed by atoms with Crippen LogP contribution < -0.4 is 4.90 Å². The molecule has 4 unspecified atom stereocenters. The zero-order valence-electron chi connectivity index (χ0n) is 14.1. The van der Waals surface area contributed by atoms with Crippen LogP contribution in [-0.2, 0) is 25.3 Å². The van der Waals surface area contributed by atoms with Gasteiger partial charge in [-0.3, -0.25) is 14.4 Å². The molecule has 0 aromatic carbocycles. The molecule has 3 aliphatic rings. The van der Waals surface area contributed by atoms with Crippen LogP contribution in [0.25, 0.3) is 0 Å². The minimum Gasteiger partial charge on any atom is -0.359 e.